The van der Waals surface area contributed by atoms with Crippen LogP contribution in [0.15, 0.2) is 12.1 Å². The fraction of sp³-hybridized carbons (Fsp3) is 0.182. The number of nitriles is 1. The van der Waals surface area contributed by atoms with Crippen molar-refractivity contribution >= 4 is 12.1 Å². The Bertz CT molecular complexity index is 458. The first kappa shape index (κ1) is 10.9. The first-order valence-corrected chi connectivity index (χ1v) is 4.22. The number of aldehydes is 1. The highest BCUT2D eigenvalue weighted by Crippen LogP contribution is 2.21. The van der Waals surface area contributed by atoms with Crippen LogP contribution < -0.4 is 4.74 Å². The standard InChI is InChI=1S/C11H9NO3/c1-7(14)10-4-9(15-2)3-8(5-12)11(10)6-13/h3-4,6H,1-2H3. The van der Waals surface area contributed by atoms with Crippen molar-refractivity contribution in [1.29, 1.82) is 5.26 Å². The first-order valence-electron chi connectivity index (χ1n) is 4.22. The average Bonchev–Trinajstić information content (AvgIpc) is 2.26. The summed E-state index contributed by atoms with van der Waals surface area (Å²) < 4.78 is 4.93. The predicted molar refractivity (Wildman–Crippen MR) is 53.1 cm³/mol. The molecule has 1 aromatic rings. The van der Waals surface area contributed by atoms with Gasteiger partial charge in [-0.3, -0.25) is 9.59 Å². The van der Waals surface area contributed by atoms with Gasteiger partial charge < -0.3 is 4.74 Å². The molecule has 76 valence electrons. The Kier molecular flexibility index (Phi) is 3.19. The molecule has 4 nitrogen and oxygen atoms in total. The number of ether oxygens (including phenoxy) is 1. The van der Waals surface area contributed by atoms with E-state index < -0.39 is 0 Å². The second-order valence-corrected chi connectivity index (χ2v) is 2.92. The van der Waals surface area contributed by atoms with Gasteiger partial charge in [0.05, 0.1) is 12.7 Å². The number of carbonyl (C=O) groups excluding carboxylic acids is 2. The lowest BCUT2D eigenvalue weighted by atomic mass is 9.99. The molecule has 0 aliphatic heterocycles. The molecule has 0 saturated heterocycles. The highest BCUT2D eigenvalue weighted by atomic mass is 16.5. The molecule has 0 N–H and O–H groups in total. The smallest absolute Gasteiger partial charge is 0.160 e. The number of hydrogen-bond acceptors (Lipinski definition) is 4. The summed E-state index contributed by atoms with van der Waals surface area (Å²) in [5.41, 5.74) is 0.473. The van der Waals surface area contributed by atoms with Gasteiger partial charge in [-0.25, -0.2) is 0 Å². The van der Waals surface area contributed by atoms with Crippen molar-refractivity contribution < 1.29 is 14.3 Å². The van der Waals surface area contributed by atoms with Gasteiger partial charge in [0.25, 0.3) is 0 Å². The molecule has 0 amide bonds. The summed E-state index contributed by atoms with van der Waals surface area (Å²) in [5, 5.41) is 8.80. The van der Waals surface area contributed by atoms with Gasteiger partial charge >= 0.3 is 0 Å². The van der Waals surface area contributed by atoms with Gasteiger partial charge in [0.1, 0.15) is 11.8 Å². The largest absolute Gasteiger partial charge is 0.497 e. The van der Waals surface area contributed by atoms with Crippen LogP contribution >= 0.6 is 0 Å². The Labute approximate surface area is 87.1 Å². The number of rotatable bonds is 3. The maximum atomic E-state index is 11.2. The van der Waals surface area contributed by atoms with Crippen LogP contribution in [-0.4, -0.2) is 19.2 Å². The average molecular weight is 203 g/mol. The van der Waals surface area contributed by atoms with E-state index in [1.807, 2.05) is 6.07 Å². The lowest BCUT2D eigenvalue weighted by molar-refractivity contribution is 0.100. The summed E-state index contributed by atoms with van der Waals surface area (Å²) in [5.74, 6) is 0.120. The molecule has 1 rings (SSSR count). The molecule has 15 heavy (non-hydrogen) atoms. The van der Waals surface area contributed by atoms with Crippen LogP contribution in [-0.2, 0) is 0 Å². The van der Waals surface area contributed by atoms with Crippen molar-refractivity contribution in [3.63, 3.8) is 0 Å². The van der Waals surface area contributed by atoms with E-state index in [1.165, 1.54) is 26.2 Å². The minimum absolute atomic E-state index is 0.116. The van der Waals surface area contributed by atoms with Crippen LogP contribution in [0.1, 0.15) is 33.2 Å². The fourth-order valence-corrected chi connectivity index (χ4v) is 1.26. The van der Waals surface area contributed by atoms with Crippen LogP contribution in [0.4, 0.5) is 0 Å². The molecule has 0 fully saturated rings. The summed E-state index contributed by atoms with van der Waals surface area (Å²) in [6, 6.07) is 4.73. The highest BCUT2D eigenvalue weighted by molar-refractivity contribution is 6.03. The molecule has 0 aliphatic carbocycles. The number of carbonyl (C=O) groups is 2. The second kappa shape index (κ2) is 4.38. The molecule has 0 saturated carbocycles. The molecule has 0 aromatic heterocycles. The lowest BCUT2D eigenvalue weighted by Gasteiger charge is -2.06. The maximum Gasteiger partial charge on any atom is 0.160 e. The topological polar surface area (TPSA) is 67.2 Å². The molecule has 0 radical (unpaired) electrons. The van der Waals surface area contributed by atoms with Gasteiger partial charge in [-0.05, 0) is 19.1 Å². The highest BCUT2D eigenvalue weighted by Gasteiger charge is 2.13. The maximum absolute atomic E-state index is 11.2. The minimum atomic E-state index is -0.271. The molecular formula is C11H9NO3. The minimum Gasteiger partial charge on any atom is -0.497 e. The molecule has 0 bridgehead atoms. The summed E-state index contributed by atoms with van der Waals surface area (Å²) in [6.07, 6.45) is 0.509. The van der Waals surface area contributed by atoms with Gasteiger partial charge in [-0.2, -0.15) is 5.26 Å². The van der Waals surface area contributed by atoms with E-state index in [-0.39, 0.29) is 22.5 Å². The second-order valence-electron chi connectivity index (χ2n) is 2.92. The van der Waals surface area contributed by atoms with Crippen molar-refractivity contribution in [3.05, 3.63) is 28.8 Å². The van der Waals surface area contributed by atoms with E-state index in [0.29, 0.717) is 12.0 Å². The number of nitrogens with zero attached hydrogens (tertiary/aromatic N) is 1. The normalized spacial score (nSPS) is 9.13. The van der Waals surface area contributed by atoms with E-state index in [2.05, 4.69) is 0 Å². The number of ketones is 1. The number of hydrogen-bond donors (Lipinski definition) is 0. The zero-order valence-electron chi connectivity index (χ0n) is 8.40. The molecule has 0 unspecified atom stereocenters. The quantitative estimate of drug-likeness (QED) is 0.552. The fourth-order valence-electron chi connectivity index (χ4n) is 1.26. The monoisotopic (exact) mass is 203 g/mol. The van der Waals surface area contributed by atoms with Crippen LogP contribution in [0.2, 0.25) is 0 Å². The Balaban J connectivity index is 3.54. The van der Waals surface area contributed by atoms with Crippen LogP contribution in [0.25, 0.3) is 0 Å². The van der Waals surface area contributed by atoms with Gasteiger partial charge in [-0.1, -0.05) is 0 Å². The molecule has 0 heterocycles. The third-order valence-corrected chi connectivity index (χ3v) is 2.01. The Morgan fingerprint density at radius 2 is 2.20 bits per heavy atom. The Morgan fingerprint density at radius 3 is 2.60 bits per heavy atom. The van der Waals surface area contributed by atoms with Crippen molar-refractivity contribution in [2.24, 2.45) is 0 Å². The summed E-state index contributed by atoms with van der Waals surface area (Å²) in [7, 11) is 1.43. The third kappa shape index (κ3) is 2.02. The number of Topliss-reactive ketones (excluding diaryl/α,β-unsaturated/α-hetero) is 1. The van der Waals surface area contributed by atoms with Crippen molar-refractivity contribution in [2.45, 2.75) is 6.92 Å². The zero-order valence-corrected chi connectivity index (χ0v) is 8.40. The van der Waals surface area contributed by atoms with Crippen molar-refractivity contribution in [2.75, 3.05) is 7.11 Å². The van der Waals surface area contributed by atoms with Crippen molar-refractivity contribution in [3.8, 4) is 11.8 Å². The molecule has 0 spiro atoms. The Morgan fingerprint density at radius 1 is 1.53 bits per heavy atom. The first-order chi connectivity index (χ1) is 7.13. The summed E-state index contributed by atoms with van der Waals surface area (Å²) in [6.45, 7) is 1.34. The van der Waals surface area contributed by atoms with E-state index >= 15 is 0 Å². The molecule has 0 aliphatic rings. The molecule has 4 heteroatoms. The molecular weight excluding hydrogens is 194 g/mol. The van der Waals surface area contributed by atoms with E-state index in [9.17, 15) is 9.59 Å². The van der Waals surface area contributed by atoms with E-state index in [0.717, 1.165) is 0 Å². The van der Waals surface area contributed by atoms with Crippen LogP contribution in [0.3, 0.4) is 0 Å². The summed E-state index contributed by atoms with van der Waals surface area (Å²) in [4.78, 5) is 22.0. The lowest BCUT2D eigenvalue weighted by Crippen LogP contribution is -2.02. The summed E-state index contributed by atoms with van der Waals surface area (Å²) >= 11 is 0. The molecule has 0 atom stereocenters. The van der Waals surface area contributed by atoms with Gasteiger partial charge in [0.2, 0.25) is 0 Å². The zero-order chi connectivity index (χ0) is 11.4. The van der Waals surface area contributed by atoms with Crippen molar-refractivity contribution in [1.82, 2.24) is 0 Å². The number of benzene rings is 1. The SMILES string of the molecule is COc1cc(C#N)c(C=O)c(C(C)=O)c1. The number of methoxy groups -OCH3 is 1. The van der Waals surface area contributed by atoms with Gasteiger partial charge in [-0.15, -0.1) is 0 Å². The predicted octanol–water partition coefficient (Wildman–Crippen LogP) is 1.58. The van der Waals surface area contributed by atoms with E-state index in [1.54, 1.807) is 0 Å². The van der Waals surface area contributed by atoms with E-state index in [4.69, 9.17) is 10.00 Å². The van der Waals surface area contributed by atoms with Gasteiger partial charge in [0.15, 0.2) is 12.1 Å². The van der Waals surface area contributed by atoms with Crippen LogP contribution in [0.5, 0.6) is 5.75 Å². The van der Waals surface area contributed by atoms with Crippen LogP contribution in [0, 0.1) is 11.3 Å². The third-order valence-electron chi connectivity index (χ3n) is 2.01. The van der Waals surface area contributed by atoms with Gasteiger partial charge in [0, 0.05) is 11.1 Å². The Hall–Kier alpha value is -2.15. The molecule has 1 aromatic carbocycles.